The van der Waals surface area contributed by atoms with Gasteiger partial charge in [0.05, 0.1) is 17.0 Å². The SMILES string of the molecule is O=C(NCC(O)c1ccc(F)c(F)c1)c1ccc2c(=O)[nH]c(=S)[nH]c2c1. The van der Waals surface area contributed by atoms with Crippen molar-refractivity contribution in [3.8, 4) is 0 Å². The van der Waals surface area contributed by atoms with Gasteiger partial charge in [0.2, 0.25) is 0 Å². The molecule has 3 rings (SSSR count). The lowest BCUT2D eigenvalue weighted by Crippen LogP contribution is -2.28. The van der Waals surface area contributed by atoms with Gasteiger partial charge in [-0.05, 0) is 48.1 Å². The van der Waals surface area contributed by atoms with Crippen molar-refractivity contribution in [3.63, 3.8) is 0 Å². The summed E-state index contributed by atoms with van der Waals surface area (Å²) in [6.45, 7) is -0.201. The third kappa shape index (κ3) is 3.68. The highest BCUT2D eigenvalue weighted by atomic mass is 32.1. The van der Waals surface area contributed by atoms with E-state index in [0.29, 0.717) is 10.9 Å². The van der Waals surface area contributed by atoms with Gasteiger partial charge in [-0.3, -0.25) is 14.6 Å². The van der Waals surface area contributed by atoms with E-state index in [1.165, 1.54) is 24.3 Å². The van der Waals surface area contributed by atoms with Gasteiger partial charge in [-0.25, -0.2) is 8.78 Å². The number of fused-ring (bicyclic) bond motifs is 1. The number of carbonyl (C=O) groups is 1. The Kier molecular flexibility index (Phi) is 4.92. The Hall–Kier alpha value is -2.91. The Balaban J connectivity index is 1.75. The molecule has 0 spiro atoms. The minimum Gasteiger partial charge on any atom is -0.387 e. The van der Waals surface area contributed by atoms with Gasteiger partial charge >= 0.3 is 0 Å². The van der Waals surface area contributed by atoms with Crippen LogP contribution in [0, 0.1) is 16.4 Å². The zero-order chi connectivity index (χ0) is 18.8. The van der Waals surface area contributed by atoms with Crippen molar-refractivity contribution in [1.82, 2.24) is 15.3 Å². The first-order valence-electron chi connectivity index (χ1n) is 7.53. The van der Waals surface area contributed by atoms with E-state index in [1.807, 2.05) is 0 Å². The van der Waals surface area contributed by atoms with Crippen LogP contribution in [0.2, 0.25) is 0 Å². The van der Waals surface area contributed by atoms with Crippen LogP contribution in [0.3, 0.4) is 0 Å². The number of aliphatic hydroxyl groups excluding tert-OH is 1. The second-order valence-corrected chi connectivity index (χ2v) is 5.98. The van der Waals surface area contributed by atoms with Crippen LogP contribution in [-0.4, -0.2) is 27.5 Å². The number of hydrogen-bond acceptors (Lipinski definition) is 4. The predicted octanol–water partition coefficient (Wildman–Crippen LogP) is 2.33. The van der Waals surface area contributed by atoms with Gasteiger partial charge in [-0.1, -0.05) is 6.07 Å². The Labute approximate surface area is 150 Å². The summed E-state index contributed by atoms with van der Waals surface area (Å²) in [7, 11) is 0. The Bertz CT molecular complexity index is 1110. The van der Waals surface area contributed by atoms with Gasteiger partial charge in [0.1, 0.15) is 0 Å². The number of rotatable bonds is 4. The number of amides is 1. The molecule has 134 valence electrons. The number of halogens is 2. The molecule has 1 aromatic heterocycles. The van der Waals surface area contributed by atoms with E-state index in [1.54, 1.807) is 0 Å². The van der Waals surface area contributed by atoms with E-state index in [2.05, 4.69) is 15.3 Å². The van der Waals surface area contributed by atoms with Gasteiger partial charge in [0.25, 0.3) is 11.5 Å². The van der Waals surface area contributed by atoms with Crippen LogP contribution in [-0.2, 0) is 0 Å². The second kappa shape index (κ2) is 7.14. The number of hydrogen-bond donors (Lipinski definition) is 4. The highest BCUT2D eigenvalue weighted by Crippen LogP contribution is 2.16. The molecule has 0 fully saturated rings. The number of carbonyl (C=O) groups excluding carboxylic acids is 1. The van der Waals surface area contributed by atoms with E-state index in [9.17, 15) is 23.5 Å². The van der Waals surface area contributed by atoms with Crippen LogP contribution >= 0.6 is 12.2 Å². The average Bonchev–Trinajstić information content (AvgIpc) is 2.61. The van der Waals surface area contributed by atoms with Crippen molar-refractivity contribution in [2.75, 3.05) is 6.54 Å². The van der Waals surface area contributed by atoms with Crippen molar-refractivity contribution in [3.05, 3.63) is 74.3 Å². The molecule has 0 aliphatic rings. The van der Waals surface area contributed by atoms with Crippen LogP contribution in [0.25, 0.3) is 10.9 Å². The number of benzene rings is 2. The first kappa shape index (κ1) is 17.9. The minimum atomic E-state index is -1.21. The van der Waals surface area contributed by atoms with Crippen LogP contribution in [0.15, 0.2) is 41.2 Å². The summed E-state index contributed by atoms with van der Waals surface area (Å²) < 4.78 is 26.3. The normalized spacial score (nSPS) is 12.1. The van der Waals surface area contributed by atoms with E-state index in [4.69, 9.17) is 12.2 Å². The van der Waals surface area contributed by atoms with Crippen LogP contribution < -0.4 is 10.9 Å². The standard InChI is InChI=1S/C17H13F2N3O3S/c18-11-4-2-8(5-12(11)19)14(23)7-20-15(24)9-1-3-10-13(6-9)21-17(26)22-16(10)25/h1-6,14,23H,7H2,(H,20,24)(H2,21,22,25,26). The lowest BCUT2D eigenvalue weighted by molar-refractivity contribution is 0.0916. The predicted molar refractivity (Wildman–Crippen MR) is 93.4 cm³/mol. The van der Waals surface area contributed by atoms with Gasteiger partial charge in [-0.2, -0.15) is 0 Å². The van der Waals surface area contributed by atoms with E-state index in [0.717, 1.165) is 12.1 Å². The third-order valence-electron chi connectivity index (χ3n) is 3.79. The highest BCUT2D eigenvalue weighted by Gasteiger charge is 2.14. The molecule has 6 nitrogen and oxygen atoms in total. The summed E-state index contributed by atoms with van der Waals surface area (Å²) in [6.07, 6.45) is -1.21. The molecule has 1 heterocycles. The fraction of sp³-hybridized carbons (Fsp3) is 0.118. The van der Waals surface area contributed by atoms with Crippen molar-refractivity contribution in [2.45, 2.75) is 6.10 Å². The molecule has 0 radical (unpaired) electrons. The maximum atomic E-state index is 13.2. The number of aromatic nitrogens is 2. The van der Waals surface area contributed by atoms with Gasteiger partial charge in [0.15, 0.2) is 16.4 Å². The van der Waals surface area contributed by atoms with Crippen LogP contribution in [0.1, 0.15) is 22.0 Å². The van der Waals surface area contributed by atoms with Gasteiger partial charge in [0, 0.05) is 12.1 Å². The summed E-state index contributed by atoms with van der Waals surface area (Å²) in [5.74, 6) is -2.61. The summed E-state index contributed by atoms with van der Waals surface area (Å²) in [5.41, 5.74) is 0.404. The molecule has 1 atom stereocenters. The van der Waals surface area contributed by atoms with E-state index >= 15 is 0 Å². The molecular weight excluding hydrogens is 364 g/mol. The monoisotopic (exact) mass is 377 g/mol. The molecule has 0 saturated heterocycles. The number of H-pyrrole nitrogens is 2. The molecule has 0 bridgehead atoms. The quantitative estimate of drug-likeness (QED) is 0.525. The lowest BCUT2D eigenvalue weighted by atomic mass is 10.1. The van der Waals surface area contributed by atoms with Crippen LogP contribution in [0.5, 0.6) is 0 Å². The maximum absolute atomic E-state index is 13.2. The molecule has 1 amide bonds. The van der Waals surface area contributed by atoms with Crippen molar-refractivity contribution in [2.24, 2.45) is 0 Å². The van der Waals surface area contributed by atoms with Gasteiger partial charge < -0.3 is 15.4 Å². The zero-order valence-electron chi connectivity index (χ0n) is 13.2. The summed E-state index contributed by atoms with van der Waals surface area (Å²) in [6, 6.07) is 7.39. The van der Waals surface area contributed by atoms with Gasteiger partial charge in [-0.15, -0.1) is 0 Å². The van der Waals surface area contributed by atoms with Crippen LogP contribution in [0.4, 0.5) is 8.78 Å². The highest BCUT2D eigenvalue weighted by molar-refractivity contribution is 7.71. The Morgan fingerprint density at radius 3 is 2.65 bits per heavy atom. The first-order chi connectivity index (χ1) is 12.3. The van der Waals surface area contributed by atoms with E-state index in [-0.39, 0.29) is 28.0 Å². The topological polar surface area (TPSA) is 98.0 Å². The molecular formula is C17H13F2N3O3S. The third-order valence-corrected chi connectivity index (χ3v) is 3.99. The summed E-state index contributed by atoms with van der Waals surface area (Å²) >= 11 is 4.89. The molecule has 1 unspecified atom stereocenters. The number of nitrogens with one attached hydrogen (secondary N) is 3. The fourth-order valence-corrected chi connectivity index (χ4v) is 2.64. The van der Waals surface area contributed by atoms with Crippen molar-refractivity contribution in [1.29, 1.82) is 0 Å². The fourth-order valence-electron chi connectivity index (χ4n) is 2.44. The molecule has 4 N–H and O–H groups in total. The molecule has 2 aromatic carbocycles. The second-order valence-electron chi connectivity index (χ2n) is 5.57. The molecule has 3 aromatic rings. The molecule has 0 aliphatic carbocycles. The Morgan fingerprint density at radius 2 is 1.92 bits per heavy atom. The first-order valence-corrected chi connectivity index (χ1v) is 7.93. The van der Waals surface area contributed by atoms with Crippen molar-refractivity contribution >= 4 is 29.0 Å². The zero-order valence-corrected chi connectivity index (χ0v) is 14.0. The largest absolute Gasteiger partial charge is 0.387 e. The smallest absolute Gasteiger partial charge is 0.259 e. The Morgan fingerprint density at radius 1 is 1.15 bits per heavy atom. The minimum absolute atomic E-state index is 0.133. The summed E-state index contributed by atoms with van der Waals surface area (Å²) in [4.78, 5) is 29.2. The number of aliphatic hydroxyl groups is 1. The molecule has 0 saturated carbocycles. The number of aromatic amines is 2. The maximum Gasteiger partial charge on any atom is 0.259 e. The van der Waals surface area contributed by atoms with E-state index < -0.39 is 23.6 Å². The average molecular weight is 377 g/mol. The molecule has 26 heavy (non-hydrogen) atoms. The molecule has 0 aliphatic heterocycles. The molecule has 9 heteroatoms. The lowest BCUT2D eigenvalue weighted by Gasteiger charge is -2.13. The summed E-state index contributed by atoms with van der Waals surface area (Å²) in [5, 5.41) is 12.8. The van der Waals surface area contributed by atoms with Crippen molar-refractivity contribution < 1.29 is 18.7 Å².